The second kappa shape index (κ2) is 7.78. The van der Waals surface area contributed by atoms with Crippen LogP contribution >= 0.6 is 11.3 Å². The zero-order valence-corrected chi connectivity index (χ0v) is 16.4. The normalized spacial score (nSPS) is 11.7. The van der Waals surface area contributed by atoms with Crippen molar-refractivity contribution in [3.63, 3.8) is 0 Å². The Morgan fingerprint density at radius 3 is 2.90 bits per heavy atom. The average Bonchev–Trinajstić information content (AvgIpc) is 3.06. The third-order valence-electron chi connectivity index (χ3n) is 4.26. The first-order valence-electron chi connectivity index (χ1n) is 8.93. The number of terminal acetylenes is 1. The number of rotatable bonds is 4. The molecule has 0 spiro atoms. The van der Waals surface area contributed by atoms with Gasteiger partial charge < -0.3 is 13.7 Å². The van der Waals surface area contributed by atoms with Gasteiger partial charge in [-0.05, 0) is 31.2 Å². The molecule has 0 bridgehead atoms. The molecule has 0 aliphatic carbocycles. The SMILES string of the molecule is C#CCn1c(=NC(=O)c2cc(=O)c3ccccc3o2)sc2cccc(OCC)c21. The van der Waals surface area contributed by atoms with Gasteiger partial charge in [0.25, 0.3) is 0 Å². The highest BCUT2D eigenvalue weighted by atomic mass is 32.1. The largest absolute Gasteiger partial charge is 0.492 e. The molecule has 4 aromatic rings. The summed E-state index contributed by atoms with van der Waals surface area (Å²) in [5.74, 6) is 2.49. The molecule has 7 heteroatoms. The topological polar surface area (TPSA) is 73.8 Å². The van der Waals surface area contributed by atoms with Gasteiger partial charge in [0.1, 0.15) is 16.8 Å². The van der Waals surface area contributed by atoms with E-state index >= 15 is 0 Å². The molecule has 144 valence electrons. The van der Waals surface area contributed by atoms with Gasteiger partial charge in [-0.25, -0.2) is 0 Å². The fourth-order valence-electron chi connectivity index (χ4n) is 3.04. The number of para-hydroxylation sites is 2. The molecule has 0 saturated carbocycles. The second-order valence-electron chi connectivity index (χ2n) is 6.10. The van der Waals surface area contributed by atoms with E-state index in [1.807, 2.05) is 25.1 Å². The maximum Gasteiger partial charge on any atom is 0.315 e. The Morgan fingerprint density at radius 1 is 1.28 bits per heavy atom. The van der Waals surface area contributed by atoms with E-state index in [1.165, 1.54) is 17.4 Å². The van der Waals surface area contributed by atoms with Gasteiger partial charge in [0, 0.05) is 6.07 Å². The summed E-state index contributed by atoms with van der Waals surface area (Å²) in [5.41, 5.74) is 0.825. The van der Waals surface area contributed by atoms with Crippen LogP contribution in [0.25, 0.3) is 21.2 Å². The molecule has 29 heavy (non-hydrogen) atoms. The van der Waals surface area contributed by atoms with Crippen LogP contribution in [0.3, 0.4) is 0 Å². The van der Waals surface area contributed by atoms with Crippen molar-refractivity contribution >= 4 is 38.4 Å². The molecule has 2 aromatic heterocycles. The number of ether oxygens (including phenoxy) is 1. The molecule has 0 radical (unpaired) electrons. The highest BCUT2D eigenvalue weighted by Gasteiger charge is 2.15. The number of hydrogen-bond acceptors (Lipinski definition) is 5. The predicted octanol–water partition coefficient (Wildman–Crippen LogP) is 3.58. The van der Waals surface area contributed by atoms with Gasteiger partial charge in [-0.1, -0.05) is 35.5 Å². The van der Waals surface area contributed by atoms with Gasteiger partial charge >= 0.3 is 5.91 Å². The Balaban J connectivity index is 1.89. The Kier molecular flexibility index (Phi) is 5.02. The summed E-state index contributed by atoms with van der Waals surface area (Å²) in [7, 11) is 0. The van der Waals surface area contributed by atoms with Crippen LogP contribution in [0.5, 0.6) is 5.75 Å². The molecule has 1 amide bonds. The van der Waals surface area contributed by atoms with Crippen molar-refractivity contribution in [3.05, 3.63) is 69.3 Å². The highest BCUT2D eigenvalue weighted by molar-refractivity contribution is 7.16. The summed E-state index contributed by atoms with van der Waals surface area (Å²) in [6.07, 6.45) is 5.53. The number of amides is 1. The Labute approximate surface area is 169 Å². The smallest absolute Gasteiger partial charge is 0.315 e. The van der Waals surface area contributed by atoms with E-state index in [9.17, 15) is 9.59 Å². The number of aromatic nitrogens is 1. The standard InChI is InChI=1S/C22H16N2O4S/c1-3-12-24-20-17(27-4-2)10-7-11-19(20)29-22(24)23-21(26)18-13-15(25)14-8-5-6-9-16(14)28-18/h1,5-11,13H,4,12H2,2H3. The molecule has 2 heterocycles. The van der Waals surface area contributed by atoms with Crippen LogP contribution in [-0.4, -0.2) is 17.1 Å². The summed E-state index contributed by atoms with van der Waals surface area (Å²) >= 11 is 1.31. The van der Waals surface area contributed by atoms with E-state index in [1.54, 1.807) is 28.8 Å². The summed E-state index contributed by atoms with van der Waals surface area (Å²) in [5, 5.41) is 0.412. The number of benzene rings is 2. The van der Waals surface area contributed by atoms with E-state index in [4.69, 9.17) is 15.6 Å². The first kappa shape index (κ1) is 18.7. The second-order valence-corrected chi connectivity index (χ2v) is 7.11. The fourth-order valence-corrected chi connectivity index (χ4v) is 4.09. The average molecular weight is 404 g/mol. The molecular formula is C22H16N2O4S. The quantitative estimate of drug-likeness (QED) is 0.487. The van der Waals surface area contributed by atoms with E-state index in [-0.39, 0.29) is 17.7 Å². The van der Waals surface area contributed by atoms with Gasteiger partial charge in [0.05, 0.1) is 23.2 Å². The van der Waals surface area contributed by atoms with Gasteiger partial charge in [-0.15, -0.1) is 6.42 Å². The number of thiazole rings is 1. The van der Waals surface area contributed by atoms with E-state index in [0.717, 1.165) is 10.2 Å². The Hall–Kier alpha value is -3.63. The maximum atomic E-state index is 12.8. The van der Waals surface area contributed by atoms with Gasteiger partial charge in [-0.3, -0.25) is 9.59 Å². The third-order valence-corrected chi connectivity index (χ3v) is 5.30. The van der Waals surface area contributed by atoms with Crippen LogP contribution in [0.15, 0.2) is 62.7 Å². The Morgan fingerprint density at radius 2 is 2.10 bits per heavy atom. The molecular weight excluding hydrogens is 388 g/mol. The molecule has 0 N–H and O–H groups in total. The molecule has 4 rings (SSSR count). The molecule has 0 fully saturated rings. The van der Waals surface area contributed by atoms with E-state index in [0.29, 0.717) is 28.1 Å². The molecule has 0 aliphatic heterocycles. The number of carbonyl (C=O) groups is 1. The molecule has 0 unspecified atom stereocenters. The summed E-state index contributed by atoms with van der Waals surface area (Å²) in [4.78, 5) is 29.7. The molecule has 0 aliphatic rings. The predicted molar refractivity (Wildman–Crippen MR) is 112 cm³/mol. The zero-order chi connectivity index (χ0) is 20.4. The Bertz CT molecular complexity index is 1400. The lowest BCUT2D eigenvalue weighted by Crippen LogP contribution is -2.17. The molecule has 0 atom stereocenters. The van der Waals surface area contributed by atoms with Crippen molar-refractivity contribution in [3.8, 4) is 18.1 Å². The number of fused-ring (bicyclic) bond motifs is 2. The fraction of sp³-hybridized carbons (Fsp3) is 0.136. The maximum absolute atomic E-state index is 12.8. The van der Waals surface area contributed by atoms with E-state index in [2.05, 4.69) is 10.9 Å². The summed E-state index contributed by atoms with van der Waals surface area (Å²) in [6, 6.07) is 13.6. The van der Waals surface area contributed by atoms with Crippen LogP contribution in [-0.2, 0) is 6.54 Å². The monoisotopic (exact) mass is 404 g/mol. The van der Waals surface area contributed by atoms with Crippen LogP contribution in [0, 0.1) is 12.3 Å². The molecule has 2 aromatic carbocycles. The van der Waals surface area contributed by atoms with Crippen molar-refractivity contribution in [1.29, 1.82) is 0 Å². The van der Waals surface area contributed by atoms with Crippen molar-refractivity contribution < 1.29 is 13.9 Å². The lowest BCUT2D eigenvalue weighted by atomic mass is 10.2. The van der Waals surface area contributed by atoms with Crippen molar-refractivity contribution in [2.24, 2.45) is 4.99 Å². The minimum atomic E-state index is -0.650. The lowest BCUT2D eigenvalue weighted by molar-refractivity contribution is 0.0972. The lowest BCUT2D eigenvalue weighted by Gasteiger charge is -2.07. The van der Waals surface area contributed by atoms with E-state index < -0.39 is 5.91 Å². The number of carbonyl (C=O) groups excluding carboxylic acids is 1. The van der Waals surface area contributed by atoms with Crippen LogP contribution < -0.4 is 15.0 Å². The molecule has 6 nitrogen and oxygen atoms in total. The number of hydrogen-bond donors (Lipinski definition) is 0. The first-order valence-corrected chi connectivity index (χ1v) is 9.74. The third kappa shape index (κ3) is 3.46. The van der Waals surface area contributed by atoms with Crippen molar-refractivity contribution in [2.75, 3.05) is 6.61 Å². The van der Waals surface area contributed by atoms with Crippen molar-refractivity contribution in [1.82, 2.24) is 4.57 Å². The van der Waals surface area contributed by atoms with Gasteiger partial charge in [-0.2, -0.15) is 4.99 Å². The van der Waals surface area contributed by atoms with Crippen LogP contribution in [0.4, 0.5) is 0 Å². The minimum absolute atomic E-state index is 0.122. The molecule has 0 saturated heterocycles. The van der Waals surface area contributed by atoms with Crippen molar-refractivity contribution in [2.45, 2.75) is 13.5 Å². The highest BCUT2D eigenvalue weighted by Crippen LogP contribution is 2.27. The first-order chi connectivity index (χ1) is 14.1. The van der Waals surface area contributed by atoms with Crippen LogP contribution in [0.2, 0.25) is 0 Å². The van der Waals surface area contributed by atoms with Crippen LogP contribution in [0.1, 0.15) is 17.5 Å². The summed E-state index contributed by atoms with van der Waals surface area (Å²) in [6.45, 7) is 2.61. The number of nitrogens with zero attached hydrogens (tertiary/aromatic N) is 2. The zero-order valence-electron chi connectivity index (χ0n) is 15.5. The van der Waals surface area contributed by atoms with Gasteiger partial charge in [0.15, 0.2) is 16.0 Å². The summed E-state index contributed by atoms with van der Waals surface area (Å²) < 4.78 is 13.9. The van der Waals surface area contributed by atoms with Gasteiger partial charge in [0.2, 0.25) is 0 Å². The minimum Gasteiger partial charge on any atom is -0.492 e.